The predicted octanol–water partition coefficient (Wildman–Crippen LogP) is 2.16. The lowest BCUT2D eigenvalue weighted by molar-refractivity contribution is -0.137. The van der Waals surface area contributed by atoms with Crippen LogP contribution in [0, 0.1) is 0 Å². The first-order valence-electron chi connectivity index (χ1n) is 8.70. The van der Waals surface area contributed by atoms with Crippen molar-refractivity contribution in [1.82, 2.24) is 9.80 Å². The molecule has 26 heavy (non-hydrogen) atoms. The largest absolute Gasteiger partial charge is 0.506 e. The molecule has 0 radical (unpaired) electrons. The smallest absolute Gasteiger partial charge is 0.241 e. The lowest BCUT2D eigenvalue weighted by Gasteiger charge is -2.34. The van der Waals surface area contributed by atoms with Crippen LogP contribution in [-0.2, 0) is 9.59 Å². The Hall–Kier alpha value is -3.02. The first-order chi connectivity index (χ1) is 12.5. The molecule has 0 atom stereocenters. The molecular formula is C20H23N3O3. The Morgan fingerprint density at radius 2 is 1.62 bits per heavy atom. The predicted molar refractivity (Wildman–Crippen MR) is 101 cm³/mol. The van der Waals surface area contributed by atoms with Gasteiger partial charge in [-0.15, -0.1) is 0 Å². The molecule has 2 amide bonds. The fraction of sp³-hybridized carbons (Fsp3) is 0.300. The van der Waals surface area contributed by atoms with Gasteiger partial charge in [0.25, 0.3) is 0 Å². The number of hydrogen-bond donors (Lipinski definition) is 2. The van der Waals surface area contributed by atoms with E-state index in [1.165, 1.54) is 0 Å². The summed E-state index contributed by atoms with van der Waals surface area (Å²) in [5.74, 6) is 0.106. The van der Waals surface area contributed by atoms with Gasteiger partial charge in [-0.25, -0.2) is 0 Å². The second kappa shape index (κ2) is 7.91. The Morgan fingerprint density at radius 1 is 0.962 bits per heavy atom. The zero-order chi connectivity index (χ0) is 18.5. The number of nitrogens with one attached hydrogen (secondary N) is 1. The van der Waals surface area contributed by atoms with E-state index in [1.807, 2.05) is 42.5 Å². The van der Waals surface area contributed by atoms with E-state index in [-0.39, 0.29) is 24.1 Å². The Morgan fingerprint density at radius 3 is 2.27 bits per heavy atom. The van der Waals surface area contributed by atoms with Crippen molar-refractivity contribution in [2.24, 2.45) is 0 Å². The van der Waals surface area contributed by atoms with Crippen molar-refractivity contribution in [3.05, 3.63) is 48.5 Å². The molecule has 0 aliphatic carbocycles. The van der Waals surface area contributed by atoms with E-state index < -0.39 is 0 Å². The van der Waals surface area contributed by atoms with Crippen molar-refractivity contribution < 1.29 is 14.7 Å². The summed E-state index contributed by atoms with van der Waals surface area (Å²) in [6.45, 7) is 3.85. The number of benzene rings is 2. The normalized spacial score (nSPS) is 14.2. The number of amides is 2. The summed E-state index contributed by atoms with van der Waals surface area (Å²) in [5, 5.41) is 13.1. The number of carbonyl (C=O) groups is 2. The molecule has 1 aliphatic rings. The minimum Gasteiger partial charge on any atom is -0.506 e. The maximum Gasteiger partial charge on any atom is 0.241 e. The van der Waals surface area contributed by atoms with Crippen LogP contribution in [-0.4, -0.2) is 59.4 Å². The van der Waals surface area contributed by atoms with E-state index in [4.69, 9.17) is 0 Å². The highest BCUT2D eigenvalue weighted by molar-refractivity contribution is 5.83. The number of aromatic hydroxyl groups is 1. The molecule has 2 aromatic rings. The summed E-state index contributed by atoms with van der Waals surface area (Å²) in [5.41, 5.74) is 2.54. The lowest BCUT2D eigenvalue weighted by atomic mass is 10.0. The molecule has 1 saturated heterocycles. The zero-order valence-electron chi connectivity index (χ0n) is 14.8. The molecule has 6 heteroatoms. The van der Waals surface area contributed by atoms with Crippen LogP contribution in [0.4, 0.5) is 5.69 Å². The number of carbonyl (C=O) groups excluding carboxylic acids is 2. The number of rotatable bonds is 4. The van der Waals surface area contributed by atoms with E-state index >= 15 is 0 Å². The molecular weight excluding hydrogens is 330 g/mol. The number of phenols is 1. The van der Waals surface area contributed by atoms with Crippen LogP contribution in [0.15, 0.2) is 48.5 Å². The van der Waals surface area contributed by atoms with E-state index in [1.54, 1.807) is 22.8 Å². The Labute approximate surface area is 153 Å². The van der Waals surface area contributed by atoms with Gasteiger partial charge in [0.2, 0.25) is 11.8 Å². The summed E-state index contributed by atoms with van der Waals surface area (Å²) in [6.07, 6.45) is 0. The maximum absolute atomic E-state index is 12.4. The summed E-state index contributed by atoms with van der Waals surface area (Å²) < 4.78 is 0. The molecule has 0 aromatic heterocycles. The highest BCUT2D eigenvalue weighted by Crippen LogP contribution is 2.29. The minimum absolute atomic E-state index is 0.0397. The minimum atomic E-state index is -0.0438. The third-order valence-corrected chi connectivity index (χ3v) is 4.61. The van der Waals surface area contributed by atoms with Gasteiger partial charge >= 0.3 is 0 Å². The molecule has 3 rings (SSSR count). The number of phenolic OH excluding ortho intramolecular Hbond substituents is 1. The van der Waals surface area contributed by atoms with E-state index in [0.717, 1.165) is 11.1 Å². The second-order valence-corrected chi connectivity index (χ2v) is 6.34. The number of nitrogens with zero attached hydrogens (tertiary/aromatic N) is 2. The monoisotopic (exact) mass is 353 g/mol. The average Bonchev–Trinajstić information content (AvgIpc) is 2.68. The Bertz CT molecular complexity index is 784. The van der Waals surface area contributed by atoms with E-state index in [2.05, 4.69) is 5.32 Å². The highest BCUT2D eigenvalue weighted by atomic mass is 16.3. The molecule has 1 aliphatic heterocycles. The second-order valence-electron chi connectivity index (χ2n) is 6.34. The molecule has 0 spiro atoms. The Balaban J connectivity index is 1.61. The molecule has 0 bridgehead atoms. The van der Waals surface area contributed by atoms with Crippen molar-refractivity contribution in [2.45, 2.75) is 6.92 Å². The van der Waals surface area contributed by atoms with Gasteiger partial charge < -0.3 is 20.2 Å². The van der Waals surface area contributed by atoms with Crippen molar-refractivity contribution in [3.63, 3.8) is 0 Å². The van der Waals surface area contributed by atoms with Gasteiger partial charge in [-0.2, -0.15) is 0 Å². The summed E-state index contributed by atoms with van der Waals surface area (Å²) in [6, 6.07) is 15.2. The Kier molecular flexibility index (Phi) is 5.41. The van der Waals surface area contributed by atoms with Crippen molar-refractivity contribution in [1.29, 1.82) is 0 Å². The average molecular weight is 353 g/mol. The molecule has 2 N–H and O–H groups in total. The SMILES string of the molecule is CC(=O)N1CCN(C(=O)CNc2cc(-c3ccccc3)ccc2O)CC1. The van der Waals surface area contributed by atoms with Crippen molar-refractivity contribution in [3.8, 4) is 16.9 Å². The van der Waals surface area contributed by atoms with Gasteiger partial charge in [0, 0.05) is 33.1 Å². The van der Waals surface area contributed by atoms with Gasteiger partial charge in [-0.05, 0) is 23.3 Å². The third kappa shape index (κ3) is 4.14. The maximum atomic E-state index is 12.4. The number of hydrogen-bond acceptors (Lipinski definition) is 4. The van der Waals surface area contributed by atoms with Crippen LogP contribution in [0.5, 0.6) is 5.75 Å². The molecule has 2 aromatic carbocycles. The third-order valence-electron chi connectivity index (χ3n) is 4.61. The van der Waals surface area contributed by atoms with Crippen LogP contribution in [0.3, 0.4) is 0 Å². The molecule has 136 valence electrons. The zero-order valence-corrected chi connectivity index (χ0v) is 14.8. The van der Waals surface area contributed by atoms with Gasteiger partial charge in [0.1, 0.15) is 5.75 Å². The van der Waals surface area contributed by atoms with Crippen LogP contribution < -0.4 is 5.32 Å². The van der Waals surface area contributed by atoms with Gasteiger partial charge in [0.15, 0.2) is 0 Å². The quantitative estimate of drug-likeness (QED) is 0.826. The highest BCUT2D eigenvalue weighted by Gasteiger charge is 2.22. The van der Waals surface area contributed by atoms with Crippen molar-refractivity contribution in [2.75, 3.05) is 38.0 Å². The fourth-order valence-electron chi connectivity index (χ4n) is 3.04. The fourth-order valence-corrected chi connectivity index (χ4v) is 3.04. The first-order valence-corrected chi connectivity index (χ1v) is 8.70. The summed E-state index contributed by atoms with van der Waals surface area (Å²) in [4.78, 5) is 27.2. The molecule has 6 nitrogen and oxygen atoms in total. The molecule has 0 unspecified atom stereocenters. The molecule has 1 fully saturated rings. The van der Waals surface area contributed by atoms with Crippen LogP contribution >= 0.6 is 0 Å². The molecule has 0 saturated carbocycles. The van der Waals surface area contributed by atoms with Gasteiger partial charge in [-0.3, -0.25) is 9.59 Å². The van der Waals surface area contributed by atoms with Gasteiger partial charge in [-0.1, -0.05) is 36.4 Å². The van der Waals surface area contributed by atoms with Gasteiger partial charge in [0.05, 0.1) is 12.2 Å². The van der Waals surface area contributed by atoms with E-state index in [0.29, 0.717) is 31.9 Å². The standard InChI is InChI=1S/C20H23N3O3/c1-15(24)22-9-11-23(12-10-22)20(26)14-21-18-13-17(7-8-19(18)25)16-5-3-2-4-6-16/h2-8,13,21,25H,9-12,14H2,1H3. The van der Waals surface area contributed by atoms with Crippen molar-refractivity contribution >= 4 is 17.5 Å². The van der Waals surface area contributed by atoms with Crippen LogP contribution in [0.1, 0.15) is 6.92 Å². The molecule has 1 heterocycles. The van der Waals surface area contributed by atoms with Crippen LogP contribution in [0.25, 0.3) is 11.1 Å². The summed E-state index contributed by atoms with van der Waals surface area (Å²) >= 11 is 0. The lowest BCUT2D eigenvalue weighted by Crippen LogP contribution is -2.51. The number of piperazine rings is 1. The number of anilines is 1. The first kappa shape index (κ1) is 17.8. The van der Waals surface area contributed by atoms with E-state index in [9.17, 15) is 14.7 Å². The van der Waals surface area contributed by atoms with Crippen LogP contribution in [0.2, 0.25) is 0 Å². The summed E-state index contributed by atoms with van der Waals surface area (Å²) in [7, 11) is 0. The topological polar surface area (TPSA) is 72.9 Å².